The number of aromatic nitrogens is 2. The van der Waals surface area contributed by atoms with Crippen molar-refractivity contribution in [1.82, 2.24) is 9.78 Å². The Kier molecular flexibility index (Phi) is 0.880. The number of hydrogen-bond acceptors (Lipinski definition) is 1. The minimum Gasteiger partial charge on any atom is -0.276 e. The van der Waals surface area contributed by atoms with Crippen molar-refractivity contribution in [2.24, 2.45) is 6.98 Å². The topological polar surface area (TPSA) is 17.8 Å². The molecule has 0 radical (unpaired) electrons. The minimum atomic E-state index is -2.16. The van der Waals surface area contributed by atoms with Crippen molar-refractivity contribution in [3.05, 3.63) is 18.0 Å². The van der Waals surface area contributed by atoms with E-state index in [2.05, 4.69) is 5.10 Å². The van der Waals surface area contributed by atoms with Gasteiger partial charge in [0.15, 0.2) is 0 Å². The van der Waals surface area contributed by atoms with Crippen LogP contribution in [0.3, 0.4) is 0 Å². The van der Waals surface area contributed by atoms with Gasteiger partial charge in [0.2, 0.25) is 0 Å². The smallest absolute Gasteiger partial charge is 0.0526 e. The molecule has 0 bridgehead atoms. The van der Waals surface area contributed by atoms with Crippen molar-refractivity contribution in [3.8, 4) is 0 Å². The van der Waals surface area contributed by atoms with Gasteiger partial charge in [0.05, 0.1) is 6.20 Å². The van der Waals surface area contributed by atoms with E-state index < -0.39 is 6.98 Å². The molecule has 0 amide bonds. The largest absolute Gasteiger partial charge is 0.276 e. The van der Waals surface area contributed by atoms with Gasteiger partial charge in [-0.05, 0) is 11.0 Å². The van der Waals surface area contributed by atoms with Crippen LogP contribution in [0.5, 0.6) is 0 Å². The van der Waals surface area contributed by atoms with E-state index in [0.29, 0.717) is 0 Å². The summed E-state index contributed by atoms with van der Waals surface area (Å²) in [6.45, 7) is 3.90. The lowest BCUT2D eigenvalue weighted by atomic mass is 9.90. The standard InChI is InChI=1S/C8H14N2/c1-8(2,3)7-5-9-10(4)6-7/h5-6H,1-4H3/i4D3. The zero-order chi connectivity index (χ0) is 10.3. The summed E-state index contributed by atoms with van der Waals surface area (Å²) < 4.78 is 22.4. The van der Waals surface area contributed by atoms with Crippen LogP contribution in [0.15, 0.2) is 12.4 Å². The molecule has 0 unspecified atom stereocenters. The summed E-state index contributed by atoms with van der Waals surface area (Å²) in [6, 6.07) is 0. The third kappa shape index (κ3) is 1.38. The minimum absolute atomic E-state index is 0.0521. The fraction of sp³-hybridized carbons (Fsp3) is 0.625. The quantitative estimate of drug-likeness (QED) is 0.538. The van der Waals surface area contributed by atoms with Crippen LogP contribution in [0.4, 0.5) is 0 Å². The average molecular weight is 141 g/mol. The molecule has 0 N–H and O–H groups in total. The maximum Gasteiger partial charge on any atom is 0.0526 e. The molecule has 1 aromatic rings. The van der Waals surface area contributed by atoms with E-state index in [4.69, 9.17) is 4.11 Å². The zero-order valence-electron chi connectivity index (χ0n) is 9.55. The molecule has 1 rings (SSSR count). The molecule has 2 nitrogen and oxygen atoms in total. The summed E-state index contributed by atoms with van der Waals surface area (Å²) in [5, 5.41) is 3.81. The zero-order valence-corrected chi connectivity index (χ0v) is 6.55. The number of hydrogen-bond donors (Lipinski definition) is 0. The Hall–Kier alpha value is -0.790. The second-order valence-corrected chi connectivity index (χ2v) is 3.42. The molecule has 0 saturated heterocycles. The Morgan fingerprint density at radius 3 is 2.60 bits per heavy atom. The van der Waals surface area contributed by atoms with Gasteiger partial charge < -0.3 is 0 Å². The van der Waals surface area contributed by atoms with Gasteiger partial charge in [-0.15, -0.1) is 0 Å². The van der Waals surface area contributed by atoms with Gasteiger partial charge >= 0.3 is 0 Å². The van der Waals surface area contributed by atoms with Crippen LogP contribution in [0.25, 0.3) is 0 Å². The molecule has 0 saturated carbocycles. The average Bonchev–Trinajstić information content (AvgIpc) is 2.28. The van der Waals surface area contributed by atoms with Gasteiger partial charge in [0, 0.05) is 17.3 Å². The van der Waals surface area contributed by atoms with Crippen LogP contribution < -0.4 is 0 Å². The molecule has 10 heavy (non-hydrogen) atoms. The molecule has 0 aliphatic heterocycles. The summed E-state index contributed by atoms with van der Waals surface area (Å²) in [5.74, 6) is 0. The van der Waals surface area contributed by atoms with E-state index in [1.807, 2.05) is 20.8 Å². The molecule has 56 valence electrons. The normalized spacial score (nSPS) is 17.7. The fourth-order valence-corrected chi connectivity index (χ4v) is 0.710. The third-order valence-electron chi connectivity index (χ3n) is 1.45. The highest BCUT2D eigenvalue weighted by Gasteiger charge is 2.14. The molecule has 0 aromatic carbocycles. The molecule has 0 fully saturated rings. The SMILES string of the molecule is [2H]C([2H])([2H])n1cc(C(C)(C)C)cn1. The Labute approximate surface area is 66.1 Å². The molecule has 1 heterocycles. The van der Waals surface area contributed by atoms with Crippen molar-refractivity contribution in [1.29, 1.82) is 0 Å². The van der Waals surface area contributed by atoms with E-state index in [9.17, 15) is 0 Å². The first kappa shape index (κ1) is 4.16. The molecule has 1 aromatic heterocycles. The third-order valence-corrected chi connectivity index (χ3v) is 1.45. The van der Waals surface area contributed by atoms with Gasteiger partial charge in [-0.2, -0.15) is 5.10 Å². The van der Waals surface area contributed by atoms with E-state index in [1.165, 1.54) is 0 Å². The maximum atomic E-state index is 7.12. The molecule has 2 heteroatoms. The van der Waals surface area contributed by atoms with Gasteiger partial charge in [-0.3, -0.25) is 4.68 Å². The van der Waals surface area contributed by atoms with E-state index in [1.54, 1.807) is 12.4 Å². The molecular formula is C8H14N2. The Bertz CT molecular complexity index is 265. The van der Waals surface area contributed by atoms with Gasteiger partial charge in [-0.25, -0.2) is 0 Å². The van der Waals surface area contributed by atoms with Gasteiger partial charge in [0.1, 0.15) is 0 Å². The predicted molar refractivity (Wildman–Crippen MR) is 41.9 cm³/mol. The highest BCUT2D eigenvalue weighted by atomic mass is 15.2. The van der Waals surface area contributed by atoms with E-state index >= 15 is 0 Å². The highest BCUT2D eigenvalue weighted by Crippen LogP contribution is 2.20. The molecule has 0 aliphatic carbocycles. The van der Waals surface area contributed by atoms with Crippen molar-refractivity contribution in [3.63, 3.8) is 0 Å². The lowest BCUT2D eigenvalue weighted by molar-refractivity contribution is 0.589. The van der Waals surface area contributed by atoms with Crippen molar-refractivity contribution < 1.29 is 4.11 Å². The summed E-state index contributed by atoms with van der Waals surface area (Å²) in [4.78, 5) is 0. The maximum absolute atomic E-state index is 7.12. The van der Waals surface area contributed by atoms with Crippen molar-refractivity contribution in [2.75, 3.05) is 0 Å². The number of rotatable bonds is 0. The monoisotopic (exact) mass is 141 g/mol. The number of nitrogens with zero attached hydrogens (tertiary/aromatic N) is 2. The first-order valence-electron chi connectivity index (χ1n) is 4.77. The van der Waals surface area contributed by atoms with Crippen LogP contribution in [-0.4, -0.2) is 9.78 Å². The van der Waals surface area contributed by atoms with Crippen molar-refractivity contribution in [2.45, 2.75) is 26.2 Å². The Balaban J connectivity index is 3.01. The summed E-state index contributed by atoms with van der Waals surface area (Å²) in [7, 11) is 0. The first-order valence-corrected chi connectivity index (χ1v) is 3.27. The molecule has 0 aliphatic rings. The first-order chi connectivity index (χ1) is 5.71. The summed E-state index contributed by atoms with van der Waals surface area (Å²) >= 11 is 0. The molecule has 0 spiro atoms. The highest BCUT2D eigenvalue weighted by molar-refractivity contribution is 5.14. The second-order valence-electron chi connectivity index (χ2n) is 3.42. The van der Waals surface area contributed by atoms with E-state index in [-0.39, 0.29) is 5.41 Å². The Morgan fingerprint density at radius 1 is 1.60 bits per heavy atom. The Morgan fingerprint density at radius 2 is 2.30 bits per heavy atom. The molecule has 0 atom stereocenters. The predicted octanol–water partition coefficient (Wildman–Crippen LogP) is 1.72. The van der Waals surface area contributed by atoms with Crippen LogP contribution in [0, 0.1) is 0 Å². The molecular weight excluding hydrogens is 124 g/mol. The van der Waals surface area contributed by atoms with Crippen molar-refractivity contribution >= 4 is 0 Å². The van der Waals surface area contributed by atoms with Crippen LogP contribution in [0.1, 0.15) is 30.4 Å². The van der Waals surface area contributed by atoms with Crippen LogP contribution >= 0.6 is 0 Å². The lowest BCUT2D eigenvalue weighted by Gasteiger charge is -2.14. The lowest BCUT2D eigenvalue weighted by Crippen LogP contribution is -2.09. The van der Waals surface area contributed by atoms with Crippen LogP contribution in [-0.2, 0) is 12.4 Å². The summed E-state index contributed by atoms with van der Waals surface area (Å²) in [6.07, 6.45) is 3.18. The van der Waals surface area contributed by atoms with Gasteiger partial charge in [0.25, 0.3) is 0 Å². The summed E-state index contributed by atoms with van der Waals surface area (Å²) in [5.41, 5.74) is 0.882. The van der Waals surface area contributed by atoms with Gasteiger partial charge in [-0.1, -0.05) is 20.8 Å². The number of aryl methyl sites for hydroxylation is 1. The van der Waals surface area contributed by atoms with E-state index in [0.717, 1.165) is 10.2 Å². The van der Waals surface area contributed by atoms with Crippen LogP contribution in [0.2, 0.25) is 0 Å². The fourth-order valence-electron chi connectivity index (χ4n) is 0.710. The second kappa shape index (κ2) is 2.11.